The first-order valence-electron chi connectivity index (χ1n) is 7.73. The van der Waals surface area contributed by atoms with Crippen molar-refractivity contribution < 1.29 is 16.8 Å². The summed E-state index contributed by atoms with van der Waals surface area (Å²) in [6.07, 6.45) is 2.40. The van der Waals surface area contributed by atoms with Gasteiger partial charge in [0.25, 0.3) is 15.2 Å². The van der Waals surface area contributed by atoms with E-state index in [-0.39, 0.29) is 12.6 Å². The molecule has 0 saturated heterocycles. The molecule has 0 radical (unpaired) electrons. The quantitative estimate of drug-likeness (QED) is 0.607. The predicted molar refractivity (Wildman–Crippen MR) is 97.9 cm³/mol. The van der Waals surface area contributed by atoms with Gasteiger partial charge in [0.1, 0.15) is 6.33 Å². The Labute approximate surface area is 161 Å². The van der Waals surface area contributed by atoms with Crippen LogP contribution in [-0.2, 0) is 26.8 Å². The van der Waals surface area contributed by atoms with E-state index in [1.54, 1.807) is 0 Å². The maximum absolute atomic E-state index is 13.0. The molecule has 0 atom stereocenters. The number of aromatic nitrogens is 3. The maximum Gasteiger partial charge on any atom is 0.323 e. The Morgan fingerprint density at radius 2 is 1.92 bits per heavy atom. The zero-order chi connectivity index (χ0) is 19.1. The molecule has 1 aliphatic carbocycles. The zero-order valence-corrected chi connectivity index (χ0v) is 17.4. The van der Waals surface area contributed by atoms with E-state index in [4.69, 9.17) is 0 Å². The second-order valence-corrected chi connectivity index (χ2v) is 10.8. The smallest absolute Gasteiger partial charge is 0.203 e. The summed E-state index contributed by atoms with van der Waals surface area (Å²) >= 11 is 3.37. The third kappa shape index (κ3) is 3.83. The molecule has 1 aromatic heterocycles. The molecule has 1 fully saturated rings. The normalized spacial score (nSPS) is 15.7. The lowest BCUT2D eigenvalue weighted by Gasteiger charge is -2.20. The van der Waals surface area contributed by atoms with Crippen LogP contribution in [0, 0.1) is 0 Å². The first kappa shape index (κ1) is 19.4. The third-order valence-corrected chi connectivity index (χ3v) is 7.63. The molecule has 0 unspecified atom stereocenters. The number of nitrogens with zero attached hydrogens (tertiary/aromatic N) is 5. The predicted octanol–water partition coefficient (Wildman–Crippen LogP) is 1.05. The van der Waals surface area contributed by atoms with Crippen LogP contribution in [0.3, 0.4) is 0 Å². The average Bonchev–Trinajstić information content (AvgIpc) is 3.25. The van der Waals surface area contributed by atoms with Crippen molar-refractivity contribution in [2.24, 2.45) is 0 Å². The highest BCUT2D eigenvalue weighted by Gasteiger charge is 2.40. The van der Waals surface area contributed by atoms with Gasteiger partial charge in [0.15, 0.2) is 0 Å². The van der Waals surface area contributed by atoms with Crippen LogP contribution < -0.4 is 0 Å². The van der Waals surface area contributed by atoms with Crippen LogP contribution in [-0.4, -0.2) is 59.8 Å². The van der Waals surface area contributed by atoms with Gasteiger partial charge in [-0.3, -0.25) is 0 Å². The van der Waals surface area contributed by atoms with E-state index in [0.29, 0.717) is 4.09 Å². The summed E-state index contributed by atoms with van der Waals surface area (Å²) in [6.45, 7) is 0.168. The van der Waals surface area contributed by atoms with Gasteiger partial charge in [-0.2, -0.15) is 17.0 Å². The Bertz CT molecular complexity index is 1020. The fourth-order valence-electron chi connectivity index (χ4n) is 2.32. The standard InChI is InChI=1S/C14H18BrN5O4S2/c1-18(2)26(23,24)20-10-16-14(17-20)25(21,22)19(13-6-7-13)9-11-4-3-5-12(15)8-11/h3-5,8,10,13H,6-7,9H2,1-2H3. The van der Waals surface area contributed by atoms with Crippen LogP contribution in [0.1, 0.15) is 18.4 Å². The fraction of sp³-hybridized carbons (Fsp3) is 0.429. The van der Waals surface area contributed by atoms with Gasteiger partial charge in [-0.1, -0.05) is 28.1 Å². The zero-order valence-electron chi connectivity index (χ0n) is 14.1. The largest absolute Gasteiger partial charge is 0.323 e. The lowest BCUT2D eigenvalue weighted by atomic mass is 10.2. The lowest BCUT2D eigenvalue weighted by molar-refractivity contribution is 0.394. The molecule has 9 nitrogen and oxygen atoms in total. The van der Waals surface area contributed by atoms with E-state index in [1.165, 1.54) is 18.4 Å². The van der Waals surface area contributed by atoms with Crippen LogP contribution in [0.5, 0.6) is 0 Å². The number of hydrogen-bond acceptors (Lipinski definition) is 6. The Morgan fingerprint density at radius 1 is 1.23 bits per heavy atom. The van der Waals surface area contributed by atoms with Crippen LogP contribution in [0.25, 0.3) is 0 Å². The highest BCUT2D eigenvalue weighted by atomic mass is 79.9. The molecular weight excluding hydrogens is 446 g/mol. The van der Waals surface area contributed by atoms with Crippen molar-refractivity contribution in [1.29, 1.82) is 0 Å². The highest BCUT2D eigenvalue weighted by Crippen LogP contribution is 2.33. The topological polar surface area (TPSA) is 105 Å². The van der Waals surface area contributed by atoms with Gasteiger partial charge in [-0.25, -0.2) is 13.4 Å². The Hall–Kier alpha value is -1.34. The van der Waals surface area contributed by atoms with Gasteiger partial charge >= 0.3 is 10.2 Å². The number of benzene rings is 1. The molecule has 142 valence electrons. The van der Waals surface area contributed by atoms with Crippen molar-refractivity contribution in [2.75, 3.05) is 14.1 Å². The van der Waals surface area contributed by atoms with E-state index in [0.717, 1.165) is 33.5 Å². The molecule has 26 heavy (non-hydrogen) atoms. The SMILES string of the molecule is CN(C)S(=O)(=O)n1cnc(S(=O)(=O)N(Cc2cccc(Br)c2)C2CC2)n1. The molecule has 0 amide bonds. The number of hydrogen-bond donors (Lipinski definition) is 0. The molecule has 2 aromatic rings. The molecule has 0 bridgehead atoms. The van der Waals surface area contributed by atoms with Crippen molar-refractivity contribution in [2.45, 2.75) is 30.6 Å². The van der Waals surface area contributed by atoms with Crippen LogP contribution >= 0.6 is 15.9 Å². The molecule has 0 spiro atoms. The number of rotatable bonds is 7. The lowest BCUT2D eigenvalue weighted by Crippen LogP contribution is -2.34. The van der Waals surface area contributed by atoms with Crippen molar-refractivity contribution in [3.63, 3.8) is 0 Å². The van der Waals surface area contributed by atoms with E-state index >= 15 is 0 Å². The minimum atomic E-state index is -4.02. The van der Waals surface area contributed by atoms with E-state index < -0.39 is 25.4 Å². The number of sulfonamides is 1. The molecule has 0 N–H and O–H groups in total. The summed E-state index contributed by atoms with van der Waals surface area (Å²) in [5.41, 5.74) is 0.815. The minimum Gasteiger partial charge on any atom is -0.203 e. The molecule has 1 aliphatic rings. The van der Waals surface area contributed by atoms with Crippen molar-refractivity contribution >= 4 is 36.2 Å². The third-order valence-electron chi connectivity index (χ3n) is 3.87. The highest BCUT2D eigenvalue weighted by molar-refractivity contribution is 9.10. The van der Waals surface area contributed by atoms with Crippen molar-refractivity contribution in [3.05, 3.63) is 40.6 Å². The summed E-state index contributed by atoms with van der Waals surface area (Å²) in [6, 6.07) is 7.23. The molecule has 1 saturated carbocycles. The Balaban J connectivity index is 1.93. The van der Waals surface area contributed by atoms with Gasteiger partial charge in [0.05, 0.1) is 0 Å². The summed E-state index contributed by atoms with van der Waals surface area (Å²) < 4.78 is 53.8. The van der Waals surface area contributed by atoms with Crippen molar-refractivity contribution in [1.82, 2.24) is 22.8 Å². The molecule has 12 heteroatoms. The maximum atomic E-state index is 13.0. The summed E-state index contributed by atoms with van der Waals surface area (Å²) in [5.74, 6) is 0. The summed E-state index contributed by atoms with van der Waals surface area (Å²) in [4.78, 5) is 3.73. The summed E-state index contributed by atoms with van der Waals surface area (Å²) in [7, 11) is -5.29. The molecule has 1 heterocycles. The molecule has 0 aliphatic heterocycles. The van der Waals surface area contributed by atoms with Gasteiger partial charge in [-0.15, -0.1) is 9.19 Å². The first-order valence-corrected chi connectivity index (χ1v) is 11.4. The Kier molecular flexibility index (Phi) is 5.23. The molecule has 1 aromatic carbocycles. The Morgan fingerprint density at radius 3 is 2.50 bits per heavy atom. The van der Waals surface area contributed by atoms with Gasteiger partial charge in [0.2, 0.25) is 0 Å². The van der Waals surface area contributed by atoms with E-state index in [9.17, 15) is 16.8 Å². The minimum absolute atomic E-state index is 0.128. The second-order valence-electron chi connectivity index (χ2n) is 6.10. The monoisotopic (exact) mass is 463 g/mol. The molecular formula is C14H18BrN5O4S2. The van der Waals surface area contributed by atoms with Gasteiger partial charge in [-0.05, 0) is 30.5 Å². The van der Waals surface area contributed by atoms with Crippen LogP contribution in [0.15, 0.2) is 40.2 Å². The van der Waals surface area contributed by atoms with Crippen molar-refractivity contribution in [3.8, 4) is 0 Å². The van der Waals surface area contributed by atoms with E-state index in [2.05, 4.69) is 26.0 Å². The van der Waals surface area contributed by atoms with Crippen LogP contribution in [0.2, 0.25) is 0 Å². The fourth-order valence-corrected chi connectivity index (χ4v) is 5.01. The van der Waals surface area contributed by atoms with Crippen LogP contribution in [0.4, 0.5) is 0 Å². The van der Waals surface area contributed by atoms with Gasteiger partial charge < -0.3 is 0 Å². The average molecular weight is 464 g/mol. The first-order chi connectivity index (χ1) is 12.1. The second kappa shape index (κ2) is 7.00. The van der Waals surface area contributed by atoms with E-state index in [1.807, 2.05) is 24.3 Å². The molecule has 3 rings (SSSR count). The van der Waals surface area contributed by atoms with Gasteiger partial charge in [0, 0.05) is 31.2 Å². The number of halogens is 1. The summed E-state index contributed by atoms with van der Waals surface area (Å²) in [5, 5.41) is 3.18.